The van der Waals surface area contributed by atoms with E-state index >= 15 is 0 Å². The first kappa shape index (κ1) is 26.6. The van der Waals surface area contributed by atoms with E-state index in [-0.39, 0.29) is 12.0 Å². The fraction of sp³-hybridized carbons (Fsp3) is 0.400. The van der Waals surface area contributed by atoms with E-state index < -0.39 is 0 Å². The number of nitriles is 1. The van der Waals surface area contributed by atoms with Crippen LogP contribution in [-0.4, -0.2) is 85.3 Å². The van der Waals surface area contributed by atoms with E-state index in [0.29, 0.717) is 67.2 Å². The largest absolute Gasteiger partial charge is 0.496 e. The second-order valence-electron chi connectivity index (χ2n) is 10.1. The molecular weight excluding hydrogens is 494 g/mol. The molecule has 5 rings (SSSR count). The molecule has 0 bridgehead atoms. The number of benzene rings is 2. The molecule has 0 saturated carbocycles. The van der Waals surface area contributed by atoms with Crippen LogP contribution in [-0.2, 0) is 11.2 Å². The van der Waals surface area contributed by atoms with Crippen LogP contribution in [0.15, 0.2) is 48.7 Å². The van der Waals surface area contributed by atoms with Crippen LogP contribution in [0, 0.1) is 11.3 Å². The lowest BCUT2D eigenvalue weighted by atomic mass is 10.0. The Labute approximate surface area is 228 Å². The van der Waals surface area contributed by atoms with Crippen molar-refractivity contribution in [2.75, 3.05) is 47.5 Å². The summed E-state index contributed by atoms with van der Waals surface area (Å²) in [6.45, 7) is 2.78. The van der Waals surface area contributed by atoms with Crippen LogP contribution in [0.25, 0.3) is 11.3 Å². The van der Waals surface area contributed by atoms with E-state index in [1.807, 2.05) is 55.4 Å². The summed E-state index contributed by atoms with van der Waals surface area (Å²) in [4.78, 5) is 26.2. The number of carbonyl (C=O) groups is 1. The summed E-state index contributed by atoms with van der Waals surface area (Å²) in [7, 11) is 5.63. The van der Waals surface area contributed by atoms with E-state index in [1.165, 1.54) is 0 Å². The molecule has 9 heteroatoms. The number of carbonyl (C=O) groups excluding carboxylic acids is 1. The molecule has 2 saturated heterocycles. The van der Waals surface area contributed by atoms with E-state index in [1.54, 1.807) is 19.4 Å². The molecule has 1 aromatic heterocycles. The van der Waals surface area contributed by atoms with E-state index in [9.17, 15) is 10.1 Å². The first-order valence-corrected chi connectivity index (χ1v) is 13.2. The molecule has 3 aromatic rings. The highest BCUT2D eigenvalue weighted by atomic mass is 16.5. The molecule has 2 aromatic carbocycles. The molecule has 0 atom stereocenters. The number of likely N-dealkylation sites (tertiary alicyclic amines) is 1. The molecule has 202 valence electrons. The Balaban J connectivity index is 1.30. The predicted octanol–water partition coefficient (Wildman–Crippen LogP) is 3.56. The van der Waals surface area contributed by atoms with Gasteiger partial charge in [-0.1, -0.05) is 6.07 Å². The van der Waals surface area contributed by atoms with Gasteiger partial charge in [-0.25, -0.2) is 9.97 Å². The monoisotopic (exact) mass is 527 g/mol. The molecule has 0 N–H and O–H groups in total. The lowest BCUT2D eigenvalue weighted by Crippen LogP contribution is -2.59. The van der Waals surface area contributed by atoms with Crippen molar-refractivity contribution < 1.29 is 19.0 Å². The van der Waals surface area contributed by atoms with Crippen LogP contribution in [0.2, 0.25) is 0 Å². The minimum absolute atomic E-state index is 0.0210. The summed E-state index contributed by atoms with van der Waals surface area (Å²) in [6.07, 6.45) is 3.88. The van der Waals surface area contributed by atoms with Gasteiger partial charge in [0.2, 0.25) is 0 Å². The zero-order valence-corrected chi connectivity index (χ0v) is 22.6. The van der Waals surface area contributed by atoms with Crippen LogP contribution in [0.4, 0.5) is 0 Å². The van der Waals surface area contributed by atoms with Crippen molar-refractivity contribution in [3.8, 4) is 28.8 Å². The average Bonchev–Trinajstić information content (AvgIpc) is 2.92. The van der Waals surface area contributed by atoms with E-state index in [4.69, 9.17) is 19.2 Å². The van der Waals surface area contributed by atoms with Gasteiger partial charge in [-0.2, -0.15) is 5.26 Å². The standard InChI is InChI=1S/C30H33N5O4/c1-34(2)23-18-35(19-23)30(36)25-6-4-20(14-28(25)37-3)15-29-32-11-8-26(33-29)21-5-7-27(22(16-21)17-31)39-24-9-12-38-13-10-24/h4-8,11,14,16,23-24H,9-10,12-13,15,18-19H2,1-3H3. The highest BCUT2D eigenvalue weighted by Gasteiger charge is 2.33. The molecule has 0 spiro atoms. The number of amides is 1. The predicted molar refractivity (Wildman–Crippen MR) is 146 cm³/mol. The molecule has 3 heterocycles. The van der Waals surface area contributed by atoms with Gasteiger partial charge in [0.05, 0.1) is 37.1 Å². The molecule has 0 unspecified atom stereocenters. The summed E-state index contributed by atoms with van der Waals surface area (Å²) in [5.41, 5.74) is 3.51. The van der Waals surface area contributed by atoms with E-state index in [0.717, 1.165) is 29.7 Å². The van der Waals surface area contributed by atoms with Gasteiger partial charge in [0.1, 0.15) is 29.5 Å². The highest BCUT2D eigenvalue weighted by Crippen LogP contribution is 2.29. The molecule has 1 amide bonds. The third-order valence-electron chi connectivity index (χ3n) is 7.30. The van der Waals surface area contributed by atoms with Gasteiger partial charge in [0, 0.05) is 50.2 Å². The van der Waals surface area contributed by atoms with Crippen LogP contribution in [0.5, 0.6) is 11.5 Å². The van der Waals surface area contributed by atoms with Crippen molar-refractivity contribution in [2.45, 2.75) is 31.4 Å². The first-order valence-electron chi connectivity index (χ1n) is 13.2. The third kappa shape index (κ3) is 6.03. The summed E-state index contributed by atoms with van der Waals surface area (Å²) < 4.78 is 17.1. The second kappa shape index (κ2) is 11.8. The number of hydrogen-bond donors (Lipinski definition) is 0. The lowest BCUT2D eigenvalue weighted by Gasteiger charge is -2.42. The normalized spacial score (nSPS) is 16.0. The van der Waals surface area contributed by atoms with Gasteiger partial charge in [0.25, 0.3) is 5.91 Å². The Morgan fingerprint density at radius 1 is 1.13 bits per heavy atom. The van der Waals surface area contributed by atoms with Gasteiger partial charge in [-0.15, -0.1) is 0 Å². The van der Waals surface area contributed by atoms with Gasteiger partial charge < -0.3 is 24.0 Å². The first-order chi connectivity index (χ1) is 18.9. The number of ether oxygens (including phenoxy) is 3. The topological polar surface area (TPSA) is 101 Å². The van der Waals surface area contributed by atoms with Crippen molar-refractivity contribution in [1.82, 2.24) is 19.8 Å². The van der Waals surface area contributed by atoms with Gasteiger partial charge >= 0.3 is 0 Å². The maximum atomic E-state index is 13.0. The number of hydrogen-bond acceptors (Lipinski definition) is 8. The molecule has 2 aliphatic rings. The van der Waals surface area contributed by atoms with Gasteiger partial charge in [-0.3, -0.25) is 4.79 Å². The number of methoxy groups -OCH3 is 1. The molecule has 39 heavy (non-hydrogen) atoms. The van der Waals surface area contributed by atoms with Crippen LogP contribution >= 0.6 is 0 Å². The van der Waals surface area contributed by atoms with Crippen molar-refractivity contribution in [3.05, 3.63) is 71.2 Å². The molecule has 9 nitrogen and oxygen atoms in total. The van der Waals surface area contributed by atoms with Crippen LogP contribution in [0.1, 0.15) is 40.2 Å². The van der Waals surface area contributed by atoms with Crippen molar-refractivity contribution in [3.63, 3.8) is 0 Å². The number of aromatic nitrogens is 2. The Hall–Kier alpha value is -4.00. The second-order valence-corrected chi connectivity index (χ2v) is 10.1. The lowest BCUT2D eigenvalue weighted by molar-refractivity contribution is 0.0254. The number of rotatable bonds is 8. The molecule has 0 radical (unpaired) electrons. The Bertz CT molecular complexity index is 1370. The average molecular weight is 528 g/mol. The van der Waals surface area contributed by atoms with Crippen molar-refractivity contribution in [2.24, 2.45) is 0 Å². The summed E-state index contributed by atoms with van der Waals surface area (Å²) in [5, 5.41) is 9.74. The Kier molecular flexibility index (Phi) is 8.05. The minimum Gasteiger partial charge on any atom is -0.496 e. The number of nitrogens with zero attached hydrogens (tertiary/aromatic N) is 5. The fourth-order valence-electron chi connectivity index (χ4n) is 4.82. The highest BCUT2D eigenvalue weighted by molar-refractivity contribution is 5.97. The Morgan fingerprint density at radius 2 is 1.92 bits per heavy atom. The minimum atomic E-state index is -0.0210. The maximum Gasteiger partial charge on any atom is 0.257 e. The van der Waals surface area contributed by atoms with Crippen molar-refractivity contribution in [1.29, 1.82) is 5.26 Å². The fourth-order valence-corrected chi connectivity index (χ4v) is 4.82. The molecule has 0 aliphatic carbocycles. The van der Waals surface area contributed by atoms with Gasteiger partial charge in [0.15, 0.2) is 0 Å². The SMILES string of the molecule is COc1cc(Cc2nccc(-c3ccc(OC4CCOCC4)c(C#N)c3)n2)ccc1C(=O)N1CC(N(C)C)C1. The van der Waals surface area contributed by atoms with Crippen LogP contribution < -0.4 is 9.47 Å². The quantitative estimate of drug-likeness (QED) is 0.438. The molecule has 2 aliphatic heterocycles. The van der Waals surface area contributed by atoms with Gasteiger partial charge in [-0.05, 0) is 56.1 Å². The summed E-state index contributed by atoms with van der Waals surface area (Å²) in [6, 6.07) is 15.7. The van der Waals surface area contributed by atoms with Crippen LogP contribution in [0.3, 0.4) is 0 Å². The van der Waals surface area contributed by atoms with E-state index in [2.05, 4.69) is 16.0 Å². The third-order valence-corrected chi connectivity index (χ3v) is 7.30. The molecular formula is C30H33N5O4. The molecule has 2 fully saturated rings. The zero-order valence-electron chi connectivity index (χ0n) is 22.6. The summed E-state index contributed by atoms with van der Waals surface area (Å²) in [5.74, 6) is 1.74. The Morgan fingerprint density at radius 3 is 2.64 bits per heavy atom. The maximum absolute atomic E-state index is 13.0. The zero-order chi connectivity index (χ0) is 27.4. The smallest absolute Gasteiger partial charge is 0.257 e. The number of likely N-dealkylation sites (N-methyl/N-ethyl adjacent to an activating group) is 1. The van der Waals surface area contributed by atoms with Crippen molar-refractivity contribution >= 4 is 5.91 Å². The summed E-state index contributed by atoms with van der Waals surface area (Å²) >= 11 is 0.